The standard InChI is InChI=1S/C15H15BrO/c1-12-7-9-14(10-8-12)17-11-15(16)13-5-3-2-4-6-13/h2-10,15H,11H2,1H3. The van der Waals surface area contributed by atoms with E-state index in [1.54, 1.807) is 0 Å². The van der Waals surface area contributed by atoms with Crippen LogP contribution in [-0.2, 0) is 0 Å². The molecule has 0 aliphatic rings. The second-order valence-corrected chi connectivity index (χ2v) is 5.11. The van der Waals surface area contributed by atoms with Gasteiger partial charge in [0.15, 0.2) is 0 Å². The molecule has 88 valence electrons. The highest BCUT2D eigenvalue weighted by Gasteiger charge is 2.07. The molecule has 1 atom stereocenters. The quantitative estimate of drug-likeness (QED) is 0.753. The molecule has 0 aliphatic heterocycles. The molecule has 0 amide bonds. The SMILES string of the molecule is Cc1ccc(OCC(Br)c2ccccc2)cc1. The summed E-state index contributed by atoms with van der Waals surface area (Å²) in [6.07, 6.45) is 0. The summed E-state index contributed by atoms with van der Waals surface area (Å²) < 4.78 is 5.73. The largest absolute Gasteiger partial charge is 0.492 e. The van der Waals surface area contributed by atoms with Gasteiger partial charge in [-0.15, -0.1) is 0 Å². The van der Waals surface area contributed by atoms with Crippen LogP contribution in [0.1, 0.15) is 16.0 Å². The summed E-state index contributed by atoms with van der Waals surface area (Å²) in [6.45, 7) is 2.70. The minimum absolute atomic E-state index is 0.227. The van der Waals surface area contributed by atoms with Crippen LogP contribution in [0.4, 0.5) is 0 Å². The fourth-order valence-corrected chi connectivity index (χ4v) is 2.00. The Morgan fingerprint density at radius 2 is 1.65 bits per heavy atom. The van der Waals surface area contributed by atoms with Crippen molar-refractivity contribution in [3.8, 4) is 5.75 Å². The van der Waals surface area contributed by atoms with Crippen LogP contribution < -0.4 is 4.74 Å². The van der Waals surface area contributed by atoms with E-state index in [-0.39, 0.29) is 4.83 Å². The molecule has 0 aliphatic carbocycles. The zero-order valence-corrected chi connectivity index (χ0v) is 11.4. The van der Waals surface area contributed by atoms with E-state index in [4.69, 9.17) is 4.74 Å². The van der Waals surface area contributed by atoms with E-state index in [1.165, 1.54) is 11.1 Å². The van der Waals surface area contributed by atoms with Crippen molar-refractivity contribution in [2.24, 2.45) is 0 Å². The van der Waals surface area contributed by atoms with Gasteiger partial charge in [0.25, 0.3) is 0 Å². The number of rotatable bonds is 4. The predicted octanol–water partition coefficient (Wildman–Crippen LogP) is 4.51. The summed E-state index contributed by atoms with van der Waals surface area (Å²) in [4.78, 5) is 0.227. The first kappa shape index (κ1) is 12.2. The molecule has 0 bridgehead atoms. The first-order chi connectivity index (χ1) is 8.25. The highest BCUT2D eigenvalue weighted by molar-refractivity contribution is 9.09. The van der Waals surface area contributed by atoms with Crippen LogP contribution in [0.25, 0.3) is 0 Å². The van der Waals surface area contributed by atoms with Crippen LogP contribution in [-0.4, -0.2) is 6.61 Å². The maximum Gasteiger partial charge on any atom is 0.119 e. The number of aryl methyl sites for hydroxylation is 1. The predicted molar refractivity (Wildman–Crippen MR) is 74.8 cm³/mol. The molecule has 0 fully saturated rings. The molecule has 0 spiro atoms. The molecule has 2 heteroatoms. The Balaban J connectivity index is 1.92. The summed E-state index contributed by atoms with van der Waals surface area (Å²) in [5.74, 6) is 0.913. The van der Waals surface area contributed by atoms with Gasteiger partial charge in [-0.05, 0) is 24.6 Å². The van der Waals surface area contributed by atoms with E-state index in [9.17, 15) is 0 Å². The Bertz CT molecular complexity index is 450. The van der Waals surface area contributed by atoms with Crippen LogP contribution >= 0.6 is 15.9 Å². The second-order valence-electron chi connectivity index (χ2n) is 4.00. The van der Waals surface area contributed by atoms with Crippen molar-refractivity contribution in [3.05, 3.63) is 65.7 Å². The Labute approximate surface area is 111 Å². The Kier molecular flexibility index (Phi) is 4.21. The lowest BCUT2D eigenvalue weighted by atomic mass is 10.2. The van der Waals surface area contributed by atoms with E-state index in [0.717, 1.165) is 5.75 Å². The zero-order valence-electron chi connectivity index (χ0n) is 9.77. The van der Waals surface area contributed by atoms with Gasteiger partial charge in [0, 0.05) is 0 Å². The van der Waals surface area contributed by atoms with Gasteiger partial charge in [-0.3, -0.25) is 0 Å². The first-order valence-corrected chi connectivity index (χ1v) is 6.56. The maximum absolute atomic E-state index is 5.73. The minimum Gasteiger partial charge on any atom is -0.492 e. The van der Waals surface area contributed by atoms with Gasteiger partial charge in [0.1, 0.15) is 12.4 Å². The molecule has 0 heterocycles. The third-order valence-electron chi connectivity index (χ3n) is 2.58. The van der Waals surface area contributed by atoms with Crippen LogP contribution in [0.15, 0.2) is 54.6 Å². The van der Waals surface area contributed by atoms with Crippen LogP contribution in [0.2, 0.25) is 0 Å². The molecule has 1 unspecified atom stereocenters. The highest BCUT2D eigenvalue weighted by Crippen LogP contribution is 2.23. The number of benzene rings is 2. The molecule has 2 rings (SSSR count). The van der Waals surface area contributed by atoms with Crippen molar-refractivity contribution in [2.75, 3.05) is 6.61 Å². The van der Waals surface area contributed by atoms with Crippen molar-refractivity contribution in [1.82, 2.24) is 0 Å². The number of ether oxygens (including phenoxy) is 1. The van der Waals surface area contributed by atoms with Crippen LogP contribution in [0, 0.1) is 6.92 Å². The van der Waals surface area contributed by atoms with Crippen molar-refractivity contribution in [2.45, 2.75) is 11.8 Å². The third kappa shape index (κ3) is 3.60. The molecule has 0 aromatic heterocycles. The van der Waals surface area contributed by atoms with E-state index in [0.29, 0.717) is 6.61 Å². The smallest absolute Gasteiger partial charge is 0.119 e. The van der Waals surface area contributed by atoms with Gasteiger partial charge in [-0.2, -0.15) is 0 Å². The Morgan fingerprint density at radius 3 is 2.29 bits per heavy atom. The molecule has 2 aromatic rings. The van der Waals surface area contributed by atoms with Crippen LogP contribution in [0.5, 0.6) is 5.75 Å². The molecule has 17 heavy (non-hydrogen) atoms. The van der Waals surface area contributed by atoms with Crippen molar-refractivity contribution in [3.63, 3.8) is 0 Å². The lowest BCUT2D eigenvalue weighted by Crippen LogP contribution is -2.04. The molecule has 0 radical (unpaired) electrons. The van der Waals surface area contributed by atoms with Crippen LogP contribution in [0.3, 0.4) is 0 Å². The van der Waals surface area contributed by atoms with Crippen molar-refractivity contribution in [1.29, 1.82) is 0 Å². The van der Waals surface area contributed by atoms with E-state index >= 15 is 0 Å². The normalized spacial score (nSPS) is 12.1. The summed E-state index contributed by atoms with van der Waals surface area (Å²) in [6, 6.07) is 18.4. The topological polar surface area (TPSA) is 9.23 Å². The fraction of sp³-hybridized carbons (Fsp3) is 0.200. The number of hydrogen-bond donors (Lipinski definition) is 0. The minimum atomic E-state index is 0.227. The average Bonchev–Trinajstić information content (AvgIpc) is 2.39. The number of alkyl halides is 1. The number of halogens is 1. The second kappa shape index (κ2) is 5.87. The van der Waals surface area contributed by atoms with Gasteiger partial charge >= 0.3 is 0 Å². The fourth-order valence-electron chi connectivity index (χ4n) is 1.56. The molecule has 2 aromatic carbocycles. The maximum atomic E-state index is 5.73. The molecule has 0 saturated carbocycles. The molecular formula is C15H15BrO. The molecular weight excluding hydrogens is 276 g/mol. The molecule has 1 nitrogen and oxygen atoms in total. The van der Waals surface area contributed by atoms with Crippen molar-refractivity contribution < 1.29 is 4.74 Å². The monoisotopic (exact) mass is 290 g/mol. The summed E-state index contributed by atoms with van der Waals surface area (Å²) in [7, 11) is 0. The van der Waals surface area contributed by atoms with Gasteiger partial charge < -0.3 is 4.74 Å². The van der Waals surface area contributed by atoms with E-state index in [2.05, 4.69) is 47.1 Å². The molecule has 0 saturated heterocycles. The first-order valence-electron chi connectivity index (χ1n) is 5.64. The highest BCUT2D eigenvalue weighted by atomic mass is 79.9. The van der Waals surface area contributed by atoms with Gasteiger partial charge in [0.2, 0.25) is 0 Å². The summed E-state index contributed by atoms with van der Waals surface area (Å²) in [5, 5.41) is 0. The molecule has 0 N–H and O–H groups in total. The van der Waals surface area contributed by atoms with Crippen molar-refractivity contribution >= 4 is 15.9 Å². The summed E-state index contributed by atoms with van der Waals surface area (Å²) >= 11 is 3.63. The average molecular weight is 291 g/mol. The lowest BCUT2D eigenvalue weighted by Gasteiger charge is -2.12. The van der Waals surface area contributed by atoms with Gasteiger partial charge in [0.05, 0.1) is 4.83 Å². The van der Waals surface area contributed by atoms with Gasteiger partial charge in [-0.25, -0.2) is 0 Å². The third-order valence-corrected chi connectivity index (χ3v) is 3.37. The lowest BCUT2D eigenvalue weighted by molar-refractivity contribution is 0.320. The Hall–Kier alpha value is -1.28. The summed E-state index contributed by atoms with van der Waals surface area (Å²) in [5.41, 5.74) is 2.48. The van der Waals surface area contributed by atoms with E-state index in [1.807, 2.05) is 30.3 Å². The Morgan fingerprint density at radius 1 is 1.00 bits per heavy atom. The van der Waals surface area contributed by atoms with E-state index < -0.39 is 0 Å². The number of hydrogen-bond acceptors (Lipinski definition) is 1. The zero-order chi connectivity index (χ0) is 12.1. The van der Waals surface area contributed by atoms with Gasteiger partial charge in [-0.1, -0.05) is 64.0 Å².